The van der Waals surface area contributed by atoms with E-state index in [1.165, 1.54) is 23.9 Å². The van der Waals surface area contributed by atoms with Crippen molar-refractivity contribution in [2.24, 2.45) is 5.92 Å². The van der Waals surface area contributed by atoms with Crippen molar-refractivity contribution in [1.82, 2.24) is 9.55 Å². The van der Waals surface area contributed by atoms with Crippen molar-refractivity contribution >= 4 is 22.6 Å². The summed E-state index contributed by atoms with van der Waals surface area (Å²) in [5, 5.41) is 0. The highest BCUT2D eigenvalue weighted by Gasteiger charge is 2.34. The van der Waals surface area contributed by atoms with Crippen molar-refractivity contribution in [2.75, 3.05) is 11.4 Å². The molecule has 0 saturated carbocycles. The normalized spacial score (nSPS) is 16.9. The molecule has 1 atom stereocenters. The maximum Gasteiger partial charge on any atom is 0.227 e. The fourth-order valence-corrected chi connectivity index (χ4v) is 4.38. The van der Waals surface area contributed by atoms with Crippen LogP contribution in [0, 0.1) is 5.92 Å². The molecule has 0 radical (unpaired) electrons. The Hall–Kier alpha value is -2.62. The number of aryl methyl sites for hydroxylation is 2. The van der Waals surface area contributed by atoms with Crippen molar-refractivity contribution in [3.05, 3.63) is 59.9 Å². The summed E-state index contributed by atoms with van der Waals surface area (Å²) in [7, 11) is 0. The van der Waals surface area contributed by atoms with Crippen LogP contribution in [-0.4, -0.2) is 22.0 Å². The van der Waals surface area contributed by atoms with Crippen LogP contribution in [0.1, 0.15) is 63.8 Å². The minimum atomic E-state index is 0.136. The number of nitrogens with zero attached hydrogens (tertiary/aromatic N) is 3. The number of anilines is 1. The summed E-state index contributed by atoms with van der Waals surface area (Å²) < 4.78 is 2.35. The second-order valence-corrected chi connectivity index (χ2v) is 8.97. The summed E-state index contributed by atoms with van der Waals surface area (Å²) in [4.78, 5) is 19.8. The number of carbonyl (C=O) groups excluding carboxylic acids is 1. The quantitative estimate of drug-likeness (QED) is 0.466. The van der Waals surface area contributed by atoms with Gasteiger partial charge in [-0.15, -0.1) is 0 Å². The maximum atomic E-state index is 12.9. The van der Waals surface area contributed by atoms with Crippen LogP contribution in [0.25, 0.3) is 11.0 Å². The molecule has 0 aliphatic carbocycles. The predicted molar refractivity (Wildman–Crippen MR) is 124 cm³/mol. The first-order valence-electron chi connectivity index (χ1n) is 11.4. The molecule has 1 aromatic heterocycles. The molecule has 4 rings (SSSR count). The summed E-state index contributed by atoms with van der Waals surface area (Å²) in [6.07, 6.45) is 5.15. The number of imidazole rings is 1. The molecule has 2 heterocycles. The van der Waals surface area contributed by atoms with Crippen LogP contribution in [-0.2, 0) is 17.8 Å². The van der Waals surface area contributed by atoms with Crippen molar-refractivity contribution in [3.8, 4) is 0 Å². The van der Waals surface area contributed by atoms with Gasteiger partial charge in [0.05, 0.1) is 11.0 Å². The predicted octanol–water partition coefficient (Wildman–Crippen LogP) is 5.95. The van der Waals surface area contributed by atoms with Gasteiger partial charge >= 0.3 is 0 Å². The molecule has 1 fully saturated rings. The lowest BCUT2D eigenvalue weighted by atomic mass is 10.1. The molecule has 3 aromatic rings. The lowest BCUT2D eigenvalue weighted by Gasteiger charge is -2.18. The third-order valence-corrected chi connectivity index (χ3v) is 6.17. The molecule has 1 aliphatic heterocycles. The minimum Gasteiger partial charge on any atom is -0.328 e. The highest BCUT2D eigenvalue weighted by molar-refractivity contribution is 5.96. The van der Waals surface area contributed by atoms with E-state index in [0.29, 0.717) is 18.9 Å². The number of amides is 1. The van der Waals surface area contributed by atoms with Crippen LogP contribution in [0.3, 0.4) is 0 Å². The lowest BCUT2D eigenvalue weighted by Crippen LogP contribution is -2.24. The van der Waals surface area contributed by atoms with Crippen molar-refractivity contribution in [2.45, 2.75) is 65.3 Å². The van der Waals surface area contributed by atoms with Gasteiger partial charge in [0, 0.05) is 31.1 Å². The highest BCUT2D eigenvalue weighted by atomic mass is 16.2. The van der Waals surface area contributed by atoms with Gasteiger partial charge in [-0.25, -0.2) is 4.98 Å². The molecular weight excluding hydrogens is 370 g/mol. The monoisotopic (exact) mass is 403 g/mol. The summed E-state index contributed by atoms with van der Waals surface area (Å²) in [6, 6.07) is 16.9. The van der Waals surface area contributed by atoms with Gasteiger partial charge in [0.2, 0.25) is 5.91 Å². The average molecular weight is 404 g/mol. The van der Waals surface area contributed by atoms with E-state index >= 15 is 0 Å². The average Bonchev–Trinajstić information content (AvgIpc) is 3.31. The van der Waals surface area contributed by atoms with E-state index in [2.05, 4.69) is 67.8 Å². The Kier molecular flexibility index (Phi) is 6.21. The van der Waals surface area contributed by atoms with Crippen molar-refractivity contribution in [3.63, 3.8) is 0 Å². The Labute approximate surface area is 179 Å². The molecule has 0 bridgehead atoms. The van der Waals surface area contributed by atoms with E-state index in [1.54, 1.807) is 0 Å². The number of rotatable bonds is 8. The van der Waals surface area contributed by atoms with E-state index in [0.717, 1.165) is 36.4 Å². The van der Waals surface area contributed by atoms with Gasteiger partial charge in [0.1, 0.15) is 5.82 Å². The highest BCUT2D eigenvalue weighted by Crippen LogP contribution is 2.33. The Morgan fingerprint density at radius 2 is 1.87 bits per heavy atom. The van der Waals surface area contributed by atoms with E-state index < -0.39 is 0 Å². The number of carbonyl (C=O) groups is 1. The van der Waals surface area contributed by atoms with E-state index in [4.69, 9.17) is 4.98 Å². The standard InChI is InChI=1S/C26H33N3O/c1-4-5-8-20-11-13-22(14-12-20)29-18-21(17-25(29)30)26-27-23-9-6-7-10-24(23)28(26)16-15-19(2)3/h6-7,9-14,19,21H,4-5,8,15-18H2,1-3H3. The Morgan fingerprint density at radius 3 is 2.60 bits per heavy atom. The van der Waals surface area contributed by atoms with Crippen LogP contribution in [0.5, 0.6) is 0 Å². The number of fused-ring (bicyclic) bond motifs is 1. The molecule has 30 heavy (non-hydrogen) atoms. The maximum absolute atomic E-state index is 12.9. The largest absolute Gasteiger partial charge is 0.328 e. The van der Waals surface area contributed by atoms with Crippen LogP contribution < -0.4 is 4.90 Å². The molecule has 0 spiro atoms. The van der Waals surface area contributed by atoms with Gasteiger partial charge in [0.15, 0.2) is 0 Å². The number of hydrogen-bond donors (Lipinski definition) is 0. The smallest absolute Gasteiger partial charge is 0.227 e. The van der Waals surface area contributed by atoms with Gasteiger partial charge in [-0.3, -0.25) is 4.79 Å². The summed E-state index contributed by atoms with van der Waals surface area (Å²) in [5.74, 6) is 2.03. The topological polar surface area (TPSA) is 38.1 Å². The first-order valence-corrected chi connectivity index (χ1v) is 11.4. The minimum absolute atomic E-state index is 0.136. The second kappa shape index (κ2) is 9.03. The SMILES string of the molecule is CCCCc1ccc(N2CC(c3nc4ccccc4n3CCC(C)C)CC2=O)cc1. The molecule has 1 unspecified atom stereocenters. The van der Waals surface area contributed by atoms with Crippen LogP contribution in [0.2, 0.25) is 0 Å². The van der Waals surface area contributed by atoms with E-state index in [-0.39, 0.29) is 11.8 Å². The number of para-hydroxylation sites is 2. The van der Waals surface area contributed by atoms with Gasteiger partial charge in [0.25, 0.3) is 0 Å². The fourth-order valence-electron chi connectivity index (χ4n) is 4.38. The number of unbranched alkanes of at least 4 members (excludes halogenated alkanes) is 1. The molecule has 1 saturated heterocycles. The summed E-state index contributed by atoms with van der Waals surface area (Å²) >= 11 is 0. The van der Waals surface area contributed by atoms with Crippen LogP contribution >= 0.6 is 0 Å². The zero-order valence-corrected chi connectivity index (χ0v) is 18.5. The van der Waals surface area contributed by atoms with Gasteiger partial charge in [-0.05, 0) is 55.0 Å². The zero-order chi connectivity index (χ0) is 21.1. The Balaban J connectivity index is 1.58. The van der Waals surface area contributed by atoms with Crippen molar-refractivity contribution in [1.29, 1.82) is 0 Å². The molecule has 4 heteroatoms. The summed E-state index contributed by atoms with van der Waals surface area (Å²) in [5.41, 5.74) is 4.56. The van der Waals surface area contributed by atoms with E-state index in [1.807, 2.05) is 11.0 Å². The number of aromatic nitrogens is 2. The Morgan fingerprint density at radius 1 is 1.10 bits per heavy atom. The fraction of sp³-hybridized carbons (Fsp3) is 0.462. The zero-order valence-electron chi connectivity index (χ0n) is 18.5. The molecule has 4 nitrogen and oxygen atoms in total. The molecule has 0 N–H and O–H groups in total. The molecule has 1 amide bonds. The Bertz CT molecular complexity index is 1000. The first kappa shape index (κ1) is 20.6. The van der Waals surface area contributed by atoms with E-state index in [9.17, 15) is 4.79 Å². The molecular formula is C26H33N3O. The van der Waals surface area contributed by atoms with Crippen LogP contribution in [0.4, 0.5) is 5.69 Å². The third-order valence-electron chi connectivity index (χ3n) is 6.17. The van der Waals surface area contributed by atoms with Crippen LogP contribution in [0.15, 0.2) is 48.5 Å². The molecule has 1 aliphatic rings. The number of benzene rings is 2. The van der Waals surface area contributed by atoms with Gasteiger partial charge in [-0.2, -0.15) is 0 Å². The number of hydrogen-bond acceptors (Lipinski definition) is 2. The third kappa shape index (κ3) is 4.28. The van der Waals surface area contributed by atoms with Crippen molar-refractivity contribution < 1.29 is 4.79 Å². The second-order valence-electron chi connectivity index (χ2n) is 8.97. The molecule has 158 valence electrons. The van der Waals surface area contributed by atoms with Gasteiger partial charge in [-0.1, -0.05) is 51.5 Å². The lowest BCUT2D eigenvalue weighted by molar-refractivity contribution is -0.117. The summed E-state index contributed by atoms with van der Waals surface area (Å²) in [6.45, 7) is 8.38. The molecule has 2 aromatic carbocycles. The van der Waals surface area contributed by atoms with Gasteiger partial charge < -0.3 is 9.47 Å². The first-order chi connectivity index (χ1) is 14.6.